The highest BCUT2D eigenvalue weighted by atomic mass is 16.5. The number of hydrogen-bond donors (Lipinski definition) is 0. The molecule has 0 spiro atoms. The monoisotopic (exact) mass is 340 g/mol. The fourth-order valence-electron chi connectivity index (χ4n) is 2.71. The zero-order chi connectivity index (χ0) is 17.8. The third-order valence-electron chi connectivity index (χ3n) is 4.02. The highest BCUT2D eigenvalue weighted by molar-refractivity contribution is 5.86. The first-order valence-electron chi connectivity index (χ1n) is 7.94. The van der Waals surface area contributed by atoms with Crippen LogP contribution in [0.5, 0.6) is 11.5 Å². The highest BCUT2D eigenvalue weighted by Crippen LogP contribution is 2.26. The summed E-state index contributed by atoms with van der Waals surface area (Å²) in [6.07, 6.45) is 1.73. The lowest BCUT2D eigenvalue weighted by atomic mass is 10.1. The molecule has 2 aromatic carbocycles. The van der Waals surface area contributed by atoms with Gasteiger partial charge in [0.25, 0.3) is 0 Å². The number of carbonyl (C=O) groups excluding carboxylic acids is 1. The molecule has 0 aliphatic carbocycles. The van der Waals surface area contributed by atoms with E-state index in [1.165, 1.54) is 0 Å². The third kappa shape index (κ3) is 3.76. The maximum absolute atomic E-state index is 12.2. The van der Waals surface area contributed by atoms with Crippen molar-refractivity contribution in [3.05, 3.63) is 59.4 Å². The van der Waals surface area contributed by atoms with Gasteiger partial charge in [-0.1, -0.05) is 11.6 Å². The van der Waals surface area contributed by atoms with Crippen molar-refractivity contribution < 1.29 is 23.4 Å². The molecule has 25 heavy (non-hydrogen) atoms. The molecule has 0 radical (unpaired) electrons. The molecule has 1 heterocycles. The standard InChI is InChI=1S/C20H20O5/c1-13-4-7-18(23-3)15(8-13)12-25-20(21)9-14-11-24-19-10-16(22-2)5-6-17(14)19/h4-8,10-11H,9,12H2,1-3H3. The number of furan rings is 1. The summed E-state index contributed by atoms with van der Waals surface area (Å²) >= 11 is 0. The lowest BCUT2D eigenvalue weighted by molar-refractivity contribution is -0.144. The van der Waals surface area contributed by atoms with E-state index in [-0.39, 0.29) is 19.0 Å². The predicted octanol–water partition coefficient (Wildman–Crippen LogP) is 4.04. The van der Waals surface area contributed by atoms with Crippen molar-refractivity contribution in [2.24, 2.45) is 0 Å². The molecule has 0 unspecified atom stereocenters. The molecule has 5 nitrogen and oxygen atoms in total. The molecule has 1 aromatic heterocycles. The summed E-state index contributed by atoms with van der Waals surface area (Å²) in [5.41, 5.74) is 3.40. The number of benzene rings is 2. The molecule has 0 saturated heterocycles. The molecular weight excluding hydrogens is 320 g/mol. The third-order valence-corrected chi connectivity index (χ3v) is 4.02. The Kier molecular flexibility index (Phi) is 4.93. The molecule has 3 aromatic rings. The molecule has 0 aliphatic heterocycles. The van der Waals surface area contributed by atoms with Crippen molar-refractivity contribution in [3.63, 3.8) is 0 Å². The Morgan fingerprint density at radius 1 is 1.04 bits per heavy atom. The lowest BCUT2D eigenvalue weighted by Gasteiger charge is -2.10. The van der Waals surface area contributed by atoms with Gasteiger partial charge in [-0.3, -0.25) is 4.79 Å². The zero-order valence-corrected chi connectivity index (χ0v) is 14.5. The molecule has 0 aliphatic rings. The molecule has 0 amide bonds. The second kappa shape index (κ2) is 7.30. The van der Waals surface area contributed by atoms with E-state index in [0.29, 0.717) is 17.1 Å². The zero-order valence-electron chi connectivity index (χ0n) is 14.5. The average Bonchev–Trinajstić information content (AvgIpc) is 3.02. The summed E-state index contributed by atoms with van der Waals surface area (Å²) in [6, 6.07) is 11.3. The smallest absolute Gasteiger partial charge is 0.310 e. The van der Waals surface area contributed by atoms with Crippen LogP contribution < -0.4 is 9.47 Å². The summed E-state index contributed by atoms with van der Waals surface area (Å²) in [5, 5.41) is 0.880. The molecular formula is C20H20O5. The van der Waals surface area contributed by atoms with Crippen LogP contribution >= 0.6 is 0 Å². The Balaban J connectivity index is 1.68. The minimum absolute atomic E-state index is 0.146. The van der Waals surface area contributed by atoms with Gasteiger partial charge < -0.3 is 18.6 Å². The van der Waals surface area contributed by atoms with Crippen molar-refractivity contribution in [1.29, 1.82) is 0 Å². The maximum atomic E-state index is 12.2. The number of aryl methyl sites for hydroxylation is 1. The van der Waals surface area contributed by atoms with Crippen LogP contribution in [0, 0.1) is 6.92 Å². The van der Waals surface area contributed by atoms with Crippen molar-refractivity contribution in [1.82, 2.24) is 0 Å². The van der Waals surface area contributed by atoms with Crippen LogP contribution in [0.2, 0.25) is 0 Å². The fourth-order valence-corrected chi connectivity index (χ4v) is 2.71. The van der Waals surface area contributed by atoms with E-state index in [9.17, 15) is 4.79 Å². The number of carbonyl (C=O) groups is 1. The number of esters is 1. The van der Waals surface area contributed by atoms with Crippen molar-refractivity contribution >= 4 is 16.9 Å². The lowest BCUT2D eigenvalue weighted by Crippen LogP contribution is -2.08. The van der Waals surface area contributed by atoms with Crippen LogP contribution in [0.4, 0.5) is 0 Å². The molecule has 0 bridgehead atoms. The quantitative estimate of drug-likeness (QED) is 0.634. The van der Waals surface area contributed by atoms with Gasteiger partial charge in [-0.25, -0.2) is 0 Å². The number of rotatable bonds is 6. The van der Waals surface area contributed by atoms with Gasteiger partial charge in [-0.2, -0.15) is 0 Å². The average molecular weight is 340 g/mol. The van der Waals surface area contributed by atoms with Gasteiger partial charge in [0.2, 0.25) is 0 Å². The maximum Gasteiger partial charge on any atom is 0.310 e. The second-order valence-electron chi connectivity index (χ2n) is 5.78. The minimum Gasteiger partial charge on any atom is -0.497 e. The molecule has 3 rings (SSSR count). The van der Waals surface area contributed by atoms with Crippen LogP contribution in [-0.2, 0) is 22.6 Å². The summed E-state index contributed by atoms with van der Waals surface area (Å²) in [4.78, 5) is 12.2. The van der Waals surface area contributed by atoms with Crippen molar-refractivity contribution in [2.75, 3.05) is 14.2 Å². The van der Waals surface area contributed by atoms with Crippen LogP contribution in [0.25, 0.3) is 11.0 Å². The first kappa shape index (κ1) is 16.9. The van der Waals surface area contributed by atoms with Gasteiger partial charge in [0.05, 0.1) is 26.9 Å². The highest BCUT2D eigenvalue weighted by Gasteiger charge is 2.13. The van der Waals surface area contributed by atoms with Crippen molar-refractivity contribution in [3.8, 4) is 11.5 Å². The molecule has 130 valence electrons. The topological polar surface area (TPSA) is 57.9 Å². The van der Waals surface area contributed by atoms with E-state index < -0.39 is 0 Å². The Morgan fingerprint density at radius 3 is 2.64 bits per heavy atom. The minimum atomic E-state index is -0.318. The fraction of sp³-hybridized carbons (Fsp3) is 0.250. The van der Waals surface area contributed by atoms with Gasteiger partial charge >= 0.3 is 5.97 Å². The van der Waals surface area contributed by atoms with Crippen LogP contribution in [0.3, 0.4) is 0 Å². The molecule has 0 N–H and O–H groups in total. The predicted molar refractivity (Wildman–Crippen MR) is 94.0 cm³/mol. The Bertz CT molecular complexity index is 894. The number of ether oxygens (including phenoxy) is 3. The Morgan fingerprint density at radius 2 is 1.88 bits per heavy atom. The largest absolute Gasteiger partial charge is 0.497 e. The number of hydrogen-bond acceptors (Lipinski definition) is 5. The SMILES string of the molecule is COc1ccc2c(CC(=O)OCc3cc(C)ccc3OC)coc2c1. The first-order chi connectivity index (χ1) is 12.1. The molecule has 0 saturated carbocycles. The number of methoxy groups -OCH3 is 2. The summed E-state index contributed by atoms with van der Waals surface area (Å²) in [7, 11) is 3.20. The van der Waals surface area contributed by atoms with Crippen molar-refractivity contribution in [2.45, 2.75) is 20.0 Å². The summed E-state index contributed by atoms with van der Waals surface area (Å²) in [5.74, 6) is 1.10. The number of fused-ring (bicyclic) bond motifs is 1. The Labute approximate surface area is 146 Å². The van der Waals surface area contributed by atoms with E-state index in [0.717, 1.165) is 22.1 Å². The van der Waals surface area contributed by atoms with Crippen LogP contribution in [0.1, 0.15) is 16.7 Å². The summed E-state index contributed by atoms with van der Waals surface area (Å²) in [6.45, 7) is 2.16. The van der Waals surface area contributed by atoms with Gasteiger partial charge in [-0.05, 0) is 31.2 Å². The Hall–Kier alpha value is -2.95. The van der Waals surface area contributed by atoms with Gasteiger partial charge in [-0.15, -0.1) is 0 Å². The van der Waals surface area contributed by atoms with Crippen LogP contribution in [-0.4, -0.2) is 20.2 Å². The van der Waals surface area contributed by atoms with E-state index in [2.05, 4.69) is 0 Å². The van der Waals surface area contributed by atoms with Gasteiger partial charge in [0, 0.05) is 22.6 Å². The first-order valence-corrected chi connectivity index (χ1v) is 7.94. The normalized spacial score (nSPS) is 10.7. The molecule has 0 atom stereocenters. The van der Waals surface area contributed by atoms with E-state index in [1.54, 1.807) is 26.5 Å². The van der Waals surface area contributed by atoms with E-state index >= 15 is 0 Å². The van der Waals surface area contributed by atoms with E-state index in [1.807, 2.05) is 37.3 Å². The van der Waals surface area contributed by atoms with E-state index in [4.69, 9.17) is 18.6 Å². The molecule has 0 fully saturated rings. The molecule has 5 heteroatoms. The summed E-state index contributed by atoms with van der Waals surface area (Å²) < 4.78 is 21.4. The van der Waals surface area contributed by atoms with Crippen LogP contribution in [0.15, 0.2) is 47.1 Å². The van der Waals surface area contributed by atoms with Gasteiger partial charge in [0.15, 0.2) is 0 Å². The second-order valence-corrected chi connectivity index (χ2v) is 5.78. The van der Waals surface area contributed by atoms with Gasteiger partial charge in [0.1, 0.15) is 23.7 Å².